The summed E-state index contributed by atoms with van der Waals surface area (Å²) in [7, 11) is 0. The van der Waals surface area contributed by atoms with E-state index >= 15 is 0 Å². The SMILES string of the molecule is O=C(C=Cc1ccc(OC(F)F)cc1)Oc1ccc2oc3ccccc3c2c1. The molecule has 28 heavy (non-hydrogen) atoms. The van der Waals surface area contributed by atoms with Gasteiger partial charge in [0.25, 0.3) is 0 Å². The average molecular weight is 380 g/mol. The highest BCUT2D eigenvalue weighted by Crippen LogP contribution is 2.31. The van der Waals surface area contributed by atoms with E-state index in [2.05, 4.69) is 4.74 Å². The van der Waals surface area contributed by atoms with Crippen LogP contribution in [0.1, 0.15) is 5.56 Å². The number of benzene rings is 3. The van der Waals surface area contributed by atoms with Crippen LogP contribution < -0.4 is 9.47 Å². The van der Waals surface area contributed by atoms with Crippen LogP contribution in [0.3, 0.4) is 0 Å². The Hall–Kier alpha value is -3.67. The molecule has 4 aromatic rings. The predicted molar refractivity (Wildman–Crippen MR) is 101 cm³/mol. The minimum atomic E-state index is -2.87. The number of rotatable bonds is 5. The van der Waals surface area contributed by atoms with Crippen molar-refractivity contribution in [1.82, 2.24) is 0 Å². The number of para-hydroxylation sites is 1. The monoisotopic (exact) mass is 380 g/mol. The van der Waals surface area contributed by atoms with Crippen LogP contribution in [0, 0.1) is 0 Å². The summed E-state index contributed by atoms with van der Waals surface area (Å²) in [6.45, 7) is -2.87. The van der Waals surface area contributed by atoms with Crippen molar-refractivity contribution in [2.75, 3.05) is 0 Å². The molecule has 3 aromatic carbocycles. The summed E-state index contributed by atoms with van der Waals surface area (Å²) in [5, 5.41) is 1.80. The van der Waals surface area contributed by atoms with Crippen LogP contribution >= 0.6 is 0 Å². The predicted octanol–water partition coefficient (Wildman–Crippen LogP) is 5.81. The van der Waals surface area contributed by atoms with Gasteiger partial charge in [0.05, 0.1) is 0 Å². The lowest BCUT2D eigenvalue weighted by molar-refractivity contribution is -0.128. The Morgan fingerprint density at radius 3 is 2.39 bits per heavy atom. The molecule has 6 heteroatoms. The lowest BCUT2D eigenvalue weighted by Gasteiger charge is -2.04. The number of alkyl halides is 2. The van der Waals surface area contributed by atoms with Gasteiger partial charge in [-0.1, -0.05) is 30.3 Å². The van der Waals surface area contributed by atoms with Gasteiger partial charge in [-0.3, -0.25) is 0 Å². The molecule has 0 aliphatic rings. The van der Waals surface area contributed by atoms with E-state index in [0.717, 1.165) is 16.4 Å². The Morgan fingerprint density at radius 2 is 1.61 bits per heavy atom. The van der Waals surface area contributed by atoms with E-state index in [-0.39, 0.29) is 5.75 Å². The number of carbonyl (C=O) groups excluding carboxylic acids is 1. The van der Waals surface area contributed by atoms with Gasteiger partial charge in [0.2, 0.25) is 0 Å². The molecule has 0 fully saturated rings. The van der Waals surface area contributed by atoms with Crippen LogP contribution in [0.5, 0.6) is 11.5 Å². The van der Waals surface area contributed by atoms with Crippen molar-refractivity contribution < 1.29 is 27.5 Å². The fourth-order valence-corrected chi connectivity index (χ4v) is 2.84. The first-order valence-electron chi connectivity index (χ1n) is 8.44. The molecular formula is C22H14F2O4. The first kappa shape index (κ1) is 17.7. The number of carbonyl (C=O) groups is 1. The smallest absolute Gasteiger partial charge is 0.387 e. The summed E-state index contributed by atoms with van der Waals surface area (Å²) >= 11 is 0. The van der Waals surface area contributed by atoms with Gasteiger partial charge in [-0.15, -0.1) is 0 Å². The van der Waals surface area contributed by atoms with E-state index < -0.39 is 12.6 Å². The molecule has 0 bridgehead atoms. The van der Waals surface area contributed by atoms with Crippen molar-refractivity contribution in [2.24, 2.45) is 0 Å². The summed E-state index contributed by atoms with van der Waals surface area (Å²) in [5.74, 6) is -0.107. The Labute approximate surface area is 158 Å². The van der Waals surface area contributed by atoms with E-state index in [1.807, 2.05) is 24.3 Å². The van der Waals surface area contributed by atoms with E-state index in [1.54, 1.807) is 30.3 Å². The standard InChI is InChI=1S/C22H14F2O4/c23-22(24)27-15-8-5-14(6-9-15)7-12-21(25)26-16-10-11-20-18(13-16)17-3-1-2-4-19(17)28-20/h1-13,22H. The fraction of sp³-hybridized carbons (Fsp3) is 0.0455. The second-order valence-electron chi connectivity index (χ2n) is 5.96. The van der Waals surface area contributed by atoms with E-state index in [1.165, 1.54) is 24.3 Å². The van der Waals surface area contributed by atoms with Gasteiger partial charge in [0.1, 0.15) is 22.7 Å². The Bertz CT molecular complexity index is 1160. The van der Waals surface area contributed by atoms with Gasteiger partial charge in [-0.2, -0.15) is 8.78 Å². The van der Waals surface area contributed by atoms with Gasteiger partial charge >= 0.3 is 12.6 Å². The van der Waals surface area contributed by atoms with Crippen molar-refractivity contribution in [1.29, 1.82) is 0 Å². The Balaban J connectivity index is 1.47. The topological polar surface area (TPSA) is 48.7 Å². The highest BCUT2D eigenvalue weighted by Gasteiger charge is 2.09. The van der Waals surface area contributed by atoms with E-state index in [9.17, 15) is 13.6 Å². The molecule has 0 unspecified atom stereocenters. The molecule has 0 saturated carbocycles. The van der Waals surface area contributed by atoms with E-state index in [0.29, 0.717) is 16.9 Å². The molecule has 0 saturated heterocycles. The molecule has 1 aromatic heterocycles. The van der Waals surface area contributed by atoms with Gasteiger partial charge in [-0.25, -0.2) is 4.79 Å². The molecule has 4 rings (SSSR count). The zero-order valence-electron chi connectivity index (χ0n) is 14.5. The molecule has 0 aliphatic heterocycles. The van der Waals surface area contributed by atoms with Crippen molar-refractivity contribution in [2.45, 2.75) is 6.61 Å². The summed E-state index contributed by atoms with van der Waals surface area (Å²) in [6, 6.07) is 18.7. The molecule has 4 nitrogen and oxygen atoms in total. The fourth-order valence-electron chi connectivity index (χ4n) is 2.84. The number of ether oxygens (including phenoxy) is 2. The van der Waals surface area contributed by atoms with Crippen LogP contribution in [0.15, 0.2) is 77.2 Å². The van der Waals surface area contributed by atoms with Gasteiger partial charge in [-0.05, 0) is 48.0 Å². The highest BCUT2D eigenvalue weighted by atomic mass is 19.3. The third-order valence-corrected chi connectivity index (χ3v) is 4.08. The lowest BCUT2D eigenvalue weighted by Crippen LogP contribution is -2.03. The molecule has 0 radical (unpaired) electrons. The van der Waals surface area contributed by atoms with Crippen molar-refractivity contribution in [3.63, 3.8) is 0 Å². The van der Waals surface area contributed by atoms with Gasteiger partial charge in [0.15, 0.2) is 0 Å². The van der Waals surface area contributed by atoms with Crippen LogP contribution in [0.25, 0.3) is 28.0 Å². The lowest BCUT2D eigenvalue weighted by atomic mass is 10.1. The number of esters is 1. The zero-order valence-corrected chi connectivity index (χ0v) is 14.5. The maximum absolute atomic E-state index is 12.1. The molecule has 0 amide bonds. The highest BCUT2D eigenvalue weighted by molar-refractivity contribution is 6.05. The van der Waals surface area contributed by atoms with Crippen LogP contribution in [0.2, 0.25) is 0 Å². The second-order valence-corrected chi connectivity index (χ2v) is 5.96. The molecule has 0 atom stereocenters. The molecule has 0 aliphatic carbocycles. The normalized spacial score (nSPS) is 11.5. The number of halogens is 2. The summed E-state index contributed by atoms with van der Waals surface area (Å²) in [4.78, 5) is 12.1. The van der Waals surface area contributed by atoms with Crippen molar-refractivity contribution in [3.05, 3.63) is 78.4 Å². The minimum Gasteiger partial charge on any atom is -0.456 e. The van der Waals surface area contributed by atoms with Crippen LogP contribution in [-0.2, 0) is 4.79 Å². The van der Waals surface area contributed by atoms with Crippen molar-refractivity contribution in [3.8, 4) is 11.5 Å². The maximum Gasteiger partial charge on any atom is 0.387 e. The molecule has 1 heterocycles. The Kier molecular flexibility index (Phi) is 4.76. The van der Waals surface area contributed by atoms with Crippen molar-refractivity contribution >= 4 is 34.0 Å². The summed E-state index contributed by atoms with van der Waals surface area (Å²) in [6.07, 6.45) is 2.79. The summed E-state index contributed by atoms with van der Waals surface area (Å²) in [5.41, 5.74) is 2.12. The Morgan fingerprint density at radius 1 is 0.893 bits per heavy atom. The quantitative estimate of drug-likeness (QED) is 0.249. The number of hydrogen-bond acceptors (Lipinski definition) is 4. The molecular weight excluding hydrogens is 366 g/mol. The molecule has 0 N–H and O–H groups in total. The maximum atomic E-state index is 12.1. The molecule has 140 valence electrons. The average Bonchev–Trinajstić information content (AvgIpc) is 3.05. The zero-order chi connectivity index (χ0) is 19.5. The number of fused-ring (bicyclic) bond motifs is 3. The van der Waals surface area contributed by atoms with E-state index in [4.69, 9.17) is 9.15 Å². The minimum absolute atomic E-state index is 0.0513. The molecule has 0 spiro atoms. The third kappa shape index (κ3) is 3.86. The first-order valence-corrected chi connectivity index (χ1v) is 8.44. The number of furan rings is 1. The summed E-state index contributed by atoms with van der Waals surface area (Å²) < 4.78 is 39.6. The van der Waals surface area contributed by atoms with Gasteiger partial charge in [0, 0.05) is 16.8 Å². The largest absolute Gasteiger partial charge is 0.456 e. The van der Waals surface area contributed by atoms with Crippen LogP contribution in [-0.4, -0.2) is 12.6 Å². The second kappa shape index (κ2) is 7.52. The first-order chi connectivity index (χ1) is 13.6. The van der Waals surface area contributed by atoms with Crippen LogP contribution in [0.4, 0.5) is 8.78 Å². The third-order valence-electron chi connectivity index (χ3n) is 4.08. The van der Waals surface area contributed by atoms with Gasteiger partial charge < -0.3 is 13.9 Å². The number of hydrogen-bond donors (Lipinski definition) is 0.